The molecule has 6 nitrogen and oxygen atoms in total. The number of hydrogen-bond acceptors (Lipinski definition) is 5. The zero-order chi connectivity index (χ0) is 18.9. The number of morpholine rings is 1. The highest BCUT2D eigenvalue weighted by Crippen LogP contribution is 2.12. The Kier molecular flexibility index (Phi) is 8.51. The van der Waals surface area contributed by atoms with Crippen molar-refractivity contribution in [2.24, 2.45) is 5.92 Å². The Morgan fingerprint density at radius 1 is 1.38 bits per heavy atom. The number of ether oxygens (including phenoxy) is 2. The molecular weight excluding hydrogens is 332 g/mol. The van der Waals surface area contributed by atoms with Crippen molar-refractivity contribution in [1.82, 2.24) is 9.80 Å². The summed E-state index contributed by atoms with van der Waals surface area (Å²) in [5.41, 5.74) is 0.673. The van der Waals surface area contributed by atoms with Crippen LogP contribution in [0.4, 0.5) is 0 Å². The lowest BCUT2D eigenvalue weighted by molar-refractivity contribution is -0.0551. The summed E-state index contributed by atoms with van der Waals surface area (Å²) in [6, 6.07) is 9.30. The predicted octanol–water partition coefficient (Wildman–Crippen LogP) is 1.49. The lowest BCUT2D eigenvalue weighted by Gasteiger charge is -2.37. The standard InChI is InChI=1S/C20H32N2O4/c1-16(2)19(23)15-21-9-12-26-18(13-21)14-22(10-11-25-3)20(24)17-7-5-4-6-8-17/h4-8,16,18-19,23H,9-15H2,1-3H3/t18-,19-/m1/s1. The van der Waals surface area contributed by atoms with E-state index in [9.17, 15) is 9.90 Å². The van der Waals surface area contributed by atoms with Crippen LogP contribution in [0.2, 0.25) is 0 Å². The average molecular weight is 364 g/mol. The van der Waals surface area contributed by atoms with Crippen molar-refractivity contribution in [2.75, 3.05) is 53.0 Å². The molecule has 0 unspecified atom stereocenters. The second kappa shape index (κ2) is 10.6. The Morgan fingerprint density at radius 3 is 2.77 bits per heavy atom. The first-order valence-electron chi connectivity index (χ1n) is 9.36. The van der Waals surface area contributed by atoms with Gasteiger partial charge in [0.25, 0.3) is 5.91 Å². The van der Waals surface area contributed by atoms with Crippen LogP contribution < -0.4 is 0 Å². The lowest BCUT2D eigenvalue weighted by Crippen LogP contribution is -2.51. The molecule has 1 heterocycles. The summed E-state index contributed by atoms with van der Waals surface area (Å²) in [6.07, 6.45) is -0.406. The fourth-order valence-electron chi connectivity index (χ4n) is 3.02. The van der Waals surface area contributed by atoms with Crippen LogP contribution in [0.15, 0.2) is 30.3 Å². The number of rotatable bonds is 9. The monoisotopic (exact) mass is 364 g/mol. The Labute approximate surface area is 156 Å². The number of methoxy groups -OCH3 is 1. The van der Waals surface area contributed by atoms with Crippen LogP contribution in [0.25, 0.3) is 0 Å². The van der Waals surface area contributed by atoms with E-state index in [1.807, 2.05) is 44.2 Å². The Hall–Kier alpha value is -1.47. The van der Waals surface area contributed by atoms with Gasteiger partial charge in [0.2, 0.25) is 0 Å². The number of nitrogens with zero attached hydrogens (tertiary/aromatic N) is 2. The molecule has 26 heavy (non-hydrogen) atoms. The second-order valence-electron chi connectivity index (χ2n) is 7.17. The third-order valence-electron chi connectivity index (χ3n) is 4.74. The summed E-state index contributed by atoms with van der Waals surface area (Å²) in [7, 11) is 1.64. The maximum atomic E-state index is 12.8. The van der Waals surface area contributed by atoms with Crippen molar-refractivity contribution in [1.29, 1.82) is 0 Å². The zero-order valence-corrected chi connectivity index (χ0v) is 16.1. The number of carbonyl (C=O) groups is 1. The topological polar surface area (TPSA) is 62.2 Å². The lowest BCUT2D eigenvalue weighted by atomic mass is 10.1. The number of hydrogen-bond donors (Lipinski definition) is 1. The minimum atomic E-state index is -0.343. The predicted molar refractivity (Wildman–Crippen MR) is 101 cm³/mol. The highest BCUT2D eigenvalue weighted by atomic mass is 16.5. The molecule has 1 saturated heterocycles. The second-order valence-corrected chi connectivity index (χ2v) is 7.17. The molecule has 1 aromatic rings. The van der Waals surface area contributed by atoms with Gasteiger partial charge in [0.15, 0.2) is 0 Å². The molecule has 1 fully saturated rings. The van der Waals surface area contributed by atoms with E-state index >= 15 is 0 Å². The number of carbonyl (C=O) groups excluding carboxylic acids is 1. The smallest absolute Gasteiger partial charge is 0.254 e. The van der Waals surface area contributed by atoms with Crippen LogP contribution in [0.3, 0.4) is 0 Å². The maximum absolute atomic E-state index is 12.8. The van der Waals surface area contributed by atoms with Gasteiger partial charge in [-0.15, -0.1) is 0 Å². The van der Waals surface area contributed by atoms with Crippen molar-refractivity contribution in [3.63, 3.8) is 0 Å². The van der Waals surface area contributed by atoms with Gasteiger partial charge in [0, 0.05) is 45.4 Å². The van der Waals surface area contributed by atoms with Crippen LogP contribution >= 0.6 is 0 Å². The molecule has 1 amide bonds. The van der Waals surface area contributed by atoms with Crippen molar-refractivity contribution in [2.45, 2.75) is 26.1 Å². The summed E-state index contributed by atoms with van der Waals surface area (Å²) in [6.45, 7) is 8.36. The molecule has 0 spiro atoms. The first-order chi connectivity index (χ1) is 12.5. The van der Waals surface area contributed by atoms with Crippen molar-refractivity contribution >= 4 is 5.91 Å². The highest BCUT2D eigenvalue weighted by Gasteiger charge is 2.27. The molecule has 1 aromatic carbocycles. The van der Waals surface area contributed by atoms with Gasteiger partial charge in [-0.2, -0.15) is 0 Å². The molecule has 0 saturated carbocycles. The minimum absolute atomic E-state index is 0.00871. The van der Waals surface area contributed by atoms with Gasteiger partial charge in [-0.05, 0) is 18.1 Å². The van der Waals surface area contributed by atoms with E-state index in [-0.39, 0.29) is 24.0 Å². The van der Waals surface area contributed by atoms with Gasteiger partial charge in [-0.3, -0.25) is 9.69 Å². The molecule has 1 N–H and O–H groups in total. The number of amides is 1. The SMILES string of the molecule is COCCN(C[C@H]1CN(C[C@@H](O)C(C)C)CCO1)C(=O)c1ccccc1. The van der Waals surface area contributed by atoms with Crippen LogP contribution in [0.5, 0.6) is 0 Å². The van der Waals surface area contributed by atoms with Gasteiger partial charge in [-0.1, -0.05) is 32.0 Å². The minimum Gasteiger partial charge on any atom is -0.392 e. The van der Waals surface area contributed by atoms with E-state index in [2.05, 4.69) is 4.90 Å². The fourth-order valence-corrected chi connectivity index (χ4v) is 3.02. The fraction of sp³-hybridized carbons (Fsp3) is 0.650. The molecule has 0 bridgehead atoms. The quantitative estimate of drug-likeness (QED) is 0.719. The van der Waals surface area contributed by atoms with Gasteiger partial charge >= 0.3 is 0 Å². The van der Waals surface area contributed by atoms with Crippen LogP contribution in [-0.4, -0.2) is 86.1 Å². The van der Waals surface area contributed by atoms with Crippen molar-refractivity contribution in [3.05, 3.63) is 35.9 Å². The first kappa shape index (κ1) is 20.8. The summed E-state index contributed by atoms with van der Waals surface area (Å²) < 4.78 is 11.1. The normalized spacial score (nSPS) is 19.5. The Balaban J connectivity index is 1.97. The summed E-state index contributed by atoms with van der Waals surface area (Å²) in [5, 5.41) is 10.1. The number of β-amino-alcohol motifs (C(OH)–C–C–N with tert-alkyl or cyclic N) is 1. The summed E-state index contributed by atoms with van der Waals surface area (Å²) in [5.74, 6) is 0.222. The molecule has 6 heteroatoms. The van der Waals surface area contributed by atoms with E-state index in [0.29, 0.717) is 38.4 Å². The summed E-state index contributed by atoms with van der Waals surface area (Å²) >= 11 is 0. The van der Waals surface area contributed by atoms with Crippen LogP contribution in [-0.2, 0) is 9.47 Å². The van der Waals surface area contributed by atoms with E-state index in [4.69, 9.17) is 9.47 Å². The van der Waals surface area contributed by atoms with E-state index < -0.39 is 0 Å². The van der Waals surface area contributed by atoms with Gasteiger partial charge in [-0.25, -0.2) is 0 Å². The van der Waals surface area contributed by atoms with Crippen molar-refractivity contribution < 1.29 is 19.4 Å². The Morgan fingerprint density at radius 2 is 2.12 bits per heavy atom. The molecule has 1 aliphatic heterocycles. The number of benzene rings is 1. The molecule has 146 valence electrons. The van der Waals surface area contributed by atoms with Crippen molar-refractivity contribution in [3.8, 4) is 0 Å². The third-order valence-corrected chi connectivity index (χ3v) is 4.74. The van der Waals surface area contributed by atoms with E-state index in [0.717, 1.165) is 13.1 Å². The molecule has 1 aliphatic rings. The summed E-state index contributed by atoms with van der Waals surface area (Å²) in [4.78, 5) is 16.9. The van der Waals surface area contributed by atoms with E-state index in [1.54, 1.807) is 12.0 Å². The molecule has 2 atom stereocenters. The van der Waals surface area contributed by atoms with Gasteiger partial charge in [0.1, 0.15) is 0 Å². The van der Waals surface area contributed by atoms with E-state index in [1.165, 1.54) is 0 Å². The first-order valence-corrected chi connectivity index (χ1v) is 9.36. The van der Waals surface area contributed by atoms with Crippen LogP contribution in [0.1, 0.15) is 24.2 Å². The molecular formula is C20H32N2O4. The van der Waals surface area contributed by atoms with Gasteiger partial charge in [0.05, 0.1) is 25.4 Å². The molecule has 0 aliphatic carbocycles. The molecule has 0 radical (unpaired) electrons. The third kappa shape index (κ3) is 6.36. The average Bonchev–Trinajstić information content (AvgIpc) is 2.65. The largest absolute Gasteiger partial charge is 0.392 e. The zero-order valence-electron chi connectivity index (χ0n) is 16.1. The number of aliphatic hydroxyl groups excluding tert-OH is 1. The molecule has 0 aromatic heterocycles. The number of aliphatic hydroxyl groups is 1. The van der Waals surface area contributed by atoms with Crippen LogP contribution in [0, 0.1) is 5.92 Å². The van der Waals surface area contributed by atoms with Gasteiger partial charge < -0.3 is 19.5 Å². The molecule has 2 rings (SSSR count). The Bertz CT molecular complexity index is 538. The highest BCUT2D eigenvalue weighted by molar-refractivity contribution is 5.94. The maximum Gasteiger partial charge on any atom is 0.254 e.